The number of fused-ring (bicyclic) bond motifs is 1. The van der Waals surface area contributed by atoms with Gasteiger partial charge in [0.25, 0.3) is 0 Å². The quantitative estimate of drug-likeness (QED) is 0.434. The van der Waals surface area contributed by atoms with Crippen molar-refractivity contribution in [3.63, 3.8) is 0 Å². The highest BCUT2D eigenvalue weighted by molar-refractivity contribution is 7.21. The van der Waals surface area contributed by atoms with E-state index in [1.54, 1.807) is 0 Å². The molecule has 160 valence electrons. The third-order valence-corrected chi connectivity index (χ3v) is 7.10. The molecule has 3 atom stereocenters. The lowest BCUT2D eigenvalue weighted by molar-refractivity contribution is -0.0401. The summed E-state index contributed by atoms with van der Waals surface area (Å²) in [5.74, 6) is 0.912. The lowest BCUT2D eigenvalue weighted by Crippen LogP contribution is -2.47. The Balaban J connectivity index is 1.56. The second kappa shape index (κ2) is 7.71. The lowest BCUT2D eigenvalue weighted by atomic mass is 10.0. The minimum atomic E-state index is -1.64. The van der Waals surface area contributed by atoms with Gasteiger partial charge in [-0.15, -0.1) is 11.3 Å². The first-order valence-corrected chi connectivity index (χ1v) is 11.3. The van der Waals surface area contributed by atoms with Crippen molar-refractivity contribution in [2.45, 2.75) is 44.4 Å². The first-order chi connectivity index (χ1) is 15.0. The first kappa shape index (κ1) is 20.1. The zero-order chi connectivity index (χ0) is 21.6. The van der Waals surface area contributed by atoms with Gasteiger partial charge in [0.1, 0.15) is 16.9 Å². The van der Waals surface area contributed by atoms with Crippen LogP contribution in [0, 0.1) is 30.1 Å². The summed E-state index contributed by atoms with van der Waals surface area (Å²) in [6.07, 6.45) is 1.87. The third kappa shape index (κ3) is 3.82. The molecule has 8 nitrogen and oxygen atoms in total. The summed E-state index contributed by atoms with van der Waals surface area (Å²) < 4.78 is 1.04. The van der Waals surface area contributed by atoms with E-state index in [2.05, 4.69) is 26.7 Å². The number of anilines is 2. The molecule has 2 aliphatic carbocycles. The van der Waals surface area contributed by atoms with Gasteiger partial charge in [-0.25, -0.2) is 9.97 Å². The molecule has 2 aromatic heterocycles. The van der Waals surface area contributed by atoms with Crippen molar-refractivity contribution in [2.24, 2.45) is 11.8 Å². The minimum absolute atomic E-state index is 0.250. The molecular formula is C22H24N6O2S. The van der Waals surface area contributed by atoms with E-state index >= 15 is 0 Å². The van der Waals surface area contributed by atoms with Gasteiger partial charge in [0.2, 0.25) is 5.95 Å². The fourth-order valence-electron chi connectivity index (χ4n) is 4.03. The second-order valence-electron chi connectivity index (χ2n) is 8.44. The molecule has 0 spiro atoms. The molecule has 5 rings (SSSR count). The molecule has 0 bridgehead atoms. The van der Waals surface area contributed by atoms with Crippen molar-refractivity contribution in [3.05, 3.63) is 30.0 Å². The summed E-state index contributed by atoms with van der Waals surface area (Å²) in [7, 11) is 0. The van der Waals surface area contributed by atoms with Gasteiger partial charge >= 0.3 is 0 Å². The highest BCUT2D eigenvalue weighted by Crippen LogP contribution is 2.40. The molecule has 2 aliphatic rings. The van der Waals surface area contributed by atoms with Gasteiger partial charge in [-0.1, -0.05) is 12.1 Å². The van der Waals surface area contributed by atoms with Crippen LogP contribution in [0.4, 0.5) is 11.8 Å². The van der Waals surface area contributed by atoms with E-state index in [9.17, 15) is 15.5 Å². The van der Waals surface area contributed by atoms with Crippen molar-refractivity contribution in [3.8, 4) is 16.6 Å². The number of thiazole rings is 1. The fourth-order valence-corrected chi connectivity index (χ4v) is 5.09. The smallest absolute Gasteiger partial charge is 0.224 e. The normalized spacial score (nSPS) is 25.5. The Morgan fingerprint density at radius 2 is 2.03 bits per heavy atom. The maximum Gasteiger partial charge on any atom is 0.224 e. The van der Waals surface area contributed by atoms with Gasteiger partial charge in [0.05, 0.1) is 33.5 Å². The number of hydrogen-bond donors (Lipinski definition) is 4. The number of aryl methyl sites for hydroxylation is 1. The Labute approximate surface area is 184 Å². The summed E-state index contributed by atoms with van der Waals surface area (Å²) in [6.45, 7) is 2.70. The molecule has 2 heterocycles. The molecule has 2 fully saturated rings. The van der Waals surface area contributed by atoms with E-state index in [0.717, 1.165) is 27.5 Å². The van der Waals surface area contributed by atoms with Crippen molar-refractivity contribution < 1.29 is 10.2 Å². The number of rotatable bonds is 6. The van der Waals surface area contributed by atoms with Crippen LogP contribution in [-0.4, -0.2) is 43.5 Å². The Hall–Kier alpha value is -2.80. The number of aliphatic hydroxyl groups is 2. The maximum atomic E-state index is 11.1. The summed E-state index contributed by atoms with van der Waals surface area (Å²) in [5.41, 5.74) is 0.662. The van der Waals surface area contributed by atoms with Crippen LogP contribution in [0.25, 0.3) is 20.8 Å². The predicted molar refractivity (Wildman–Crippen MR) is 120 cm³/mol. The zero-order valence-corrected chi connectivity index (χ0v) is 18.0. The Morgan fingerprint density at radius 3 is 2.74 bits per heavy atom. The van der Waals surface area contributed by atoms with Crippen LogP contribution in [0.2, 0.25) is 0 Å². The number of para-hydroxylation sites is 1. The first-order valence-electron chi connectivity index (χ1n) is 10.5. The Kier molecular flexibility index (Phi) is 5.01. The number of aliphatic hydroxyl groups excluding tert-OH is 1. The van der Waals surface area contributed by atoms with E-state index in [1.165, 1.54) is 24.2 Å². The summed E-state index contributed by atoms with van der Waals surface area (Å²) in [6, 6.07) is 9.95. The Bertz CT molecular complexity index is 1140. The number of benzene rings is 1. The molecule has 4 N–H and O–H groups in total. The molecule has 0 radical (unpaired) electrons. The van der Waals surface area contributed by atoms with Crippen LogP contribution in [0.3, 0.4) is 0 Å². The van der Waals surface area contributed by atoms with Gasteiger partial charge in [0.15, 0.2) is 5.72 Å². The van der Waals surface area contributed by atoms with Crippen molar-refractivity contribution >= 4 is 33.3 Å². The van der Waals surface area contributed by atoms with Crippen LogP contribution >= 0.6 is 11.3 Å². The van der Waals surface area contributed by atoms with Crippen LogP contribution in [0.15, 0.2) is 24.3 Å². The van der Waals surface area contributed by atoms with Gasteiger partial charge in [-0.2, -0.15) is 10.2 Å². The zero-order valence-electron chi connectivity index (χ0n) is 17.2. The standard InChI is InChI=1S/C22H24N6O2S/c1-12-17(20-26-15-4-2-3-5-16(15)31-20)19(27-21(25-12)24-11-13-6-7-13)28-22(30)9-8-14(10-23)18(22)29/h2-5,13-14,18,29-30H,6-9,11H2,1H3,(H2,24,25,27,28). The molecule has 0 aliphatic heterocycles. The van der Waals surface area contributed by atoms with Crippen LogP contribution in [0.5, 0.6) is 0 Å². The minimum Gasteiger partial charge on any atom is -0.387 e. The Morgan fingerprint density at radius 1 is 1.23 bits per heavy atom. The SMILES string of the molecule is Cc1nc(NCC2CC2)nc(NC2(O)CCC(C#N)C2O)c1-c1nc2ccccc2s1. The van der Waals surface area contributed by atoms with E-state index in [1.807, 2.05) is 31.2 Å². The summed E-state index contributed by atoms with van der Waals surface area (Å²) in [4.78, 5) is 14.0. The monoisotopic (exact) mass is 436 g/mol. The number of aromatic nitrogens is 3. The van der Waals surface area contributed by atoms with Gasteiger partial charge < -0.3 is 20.8 Å². The molecule has 2 saturated carbocycles. The molecule has 9 heteroatoms. The van der Waals surface area contributed by atoms with E-state index in [0.29, 0.717) is 29.7 Å². The average Bonchev–Trinajstić information content (AvgIpc) is 3.42. The topological polar surface area (TPSA) is 127 Å². The van der Waals surface area contributed by atoms with Crippen LogP contribution in [0.1, 0.15) is 31.4 Å². The van der Waals surface area contributed by atoms with E-state index < -0.39 is 17.7 Å². The van der Waals surface area contributed by atoms with Crippen molar-refractivity contribution in [1.29, 1.82) is 5.26 Å². The number of nitrogens with zero attached hydrogens (tertiary/aromatic N) is 4. The fraction of sp³-hybridized carbons (Fsp3) is 0.455. The van der Waals surface area contributed by atoms with Crippen molar-refractivity contribution in [2.75, 3.05) is 17.2 Å². The molecule has 3 aromatic rings. The molecule has 3 unspecified atom stereocenters. The van der Waals surface area contributed by atoms with Gasteiger partial charge in [-0.05, 0) is 50.7 Å². The highest BCUT2D eigenvalue weighted by Gasteiger charge is 2.47. The van der Waals surface area contributed by atoms with Crippen molar-refractivity contribution in [1.82, 2.24) is 15.0 Å². The molecular weight excluding hydrogens is 412 g/mol. The average molecular weight is 437 g/mol. The number of nitrogens with one attached hydrogen (secondary N) is 2. The molecule has 1 aromatic carbocycles. The van der Waals surface area contributed by atoms with Crippen LogP contribution in [-0.2, 0) is 0 Å². The summed E-state index contributed by atoms with van der Waals surface area (Å²) >= 11 is 1.53. The highest BCUT2D eigenvalue weighted by atomic mass is 32.1. The molecule has 0 amide bonds. The molecule has 31 heavy (non-hydrogen) atoms. The second-order valence-corrected chi connectivity index (χ2v) is 9.47. The number of nitriles is 1. The lowest BCUT2D eigenvalue weighted by Gasteiger charge is -2.30. The largest absolute Gasteiger partial charge is 0.387 e. The predicted octanol–water partition coefficient (Wildman–Crippen LogP) is 3.28. The van der Waals surface area contributed by atoms with Crippen LogP contribution < -0.4 is 10.6 Å². The maximum absolute atomic E-state index is 11.1. The van der Waals surface area contributed by atoms with Gasteiger partial charge in [-0.3, -0.25) is 0 Å². The van der Waals surface area contributed by atoms with E-state index in [-0.39, 0.29) is 6.42 Å². The molecule has 0 saturated heterocycles. The van der Waals surface area contributed by atoms with Gasteiger partial charge in [0, 0.05) is 6.54 Å². The third-order valence-electron chi connectivity index (χ3n) is 6.05. The number of hydrogen-bond acceptors (Lipinski definition) is 9. The van der Waals surface area contributed by atoms with E-state index in [4.69, 9.17) is 4.98 Å². The summed E-state index contributed by atoms with van der Waals surface area (Å²) in [5, 5.41) is 38.0.